The van der Waals surface area contributed by atoms with Crippen LogP contribution in [0.5, 0.6) is 0 Å². The summed E-state index contributed by atoms with van der Waals surface area (Å²) in [5.74, 6) is -3.23. The number of thiazole rings is 1. The van der Waals surface area contributed by atoms with Crippen LogP contribution in [-0.4, -0.2) is 146 Å². The first-order valence-electron chi connectivity index (χ1n) is 17.6. The van der Waals surface area contributed by atoms with Gasteiger partial charge in [-0.1, -0.05) is 0 Å². The van der Waals surface area contributed by atoms with Crippen LogP contribution in [0.4, 0.5) is 5.69 Å². The van der Waals surface area contributed by atoms with Crippen LogP contribution in [0.3, 0.4) is 0 Å². The number of nitrogens with two attached hydrogens (primary N) is 2. The Kier molecular flexibility index (Phi) is 20.3. The van der Waals surface area contributed by atoms with Gasteiger partial charge in [-0.2, -0.15) is 0 Å². The van der Waals surface area contributed by atoms with E-state index in [4.69, 9.17) is 36.2 Å². The molecule has 22 heteroatoms. The number of amides is 4. The number of unbranched alkanes of at least 4 members (excludes halogenated alkanes) is 1. The summed E-state index contributed by atoms with van der Waals surface area (Å²) in [7, 11) is 0. The molecule has 20 nitrogen and oxygen atoms in total. The SMILES string of the molecule is N=C(N)NCCC[C@@H](NC(=O)COCCOCCOCCO)C(=O)NCC(=O)N[C@@H](CCCCN)C(=O)Nc1ccc2nc(C3=N[C@@H](C(=O)O)CS3)sc2c1. The summed E-state index contributed by atoms with van der Waals surface area (Å²) >= 11 is 2.65. The Hall–Kier alpha value is -4.45. The molecular weight excluding hydrogens is 761 g/mol. The van der Waals surface area contributed by atoms with Crippen LogP contribution in [0.25, 0.3) is 10.2 Å². The summed E-state index contributed by atoms with van der Waals surface area (Å²) in [4.78, 5) is 72.2. The minimum Gasteiger partial charge on any atom is -0.480 e. The molecule has 4 amide bonds. The zero-order chi connectivity index (χ0) is 40.0. The van der Waals surface area contributed by atoms with Crippen LogP contribution < -0.4 is 38.1 Å². The zero-order valence-corrected chi connectivity index (χ0v) is 31.9. The van der Waals surface area contributed by atoms with Crippen molar-refractivity contribution in [2.45, 2.75) is 50.2 Å². The van der Waals surface area contributed by atoms with Gasteiger partial charge in [0.2, 0.25) is 23.6 Å². The Bertz CT molecular complexity index is 1630. The fourth-order valence-electron chi connectivity index (χ4n) is 4.94. The number of fused-ring (bicyclic) bond motifs is 1. The number of aliphatic hydroxyl groups is 1. The average Bonchev–Trinajstić information content (AvgIpc) is 3.82. The lowest BCUT2D eigenvalue weighted by Crippen LogP contribution is -2.52. The van der Waals surface area contributed by atoms with Crippen LogP contribution in [-0.2, 0) is 38.2 Å². The molecule has 1 aliphatic rings. The number of hydrogen-bond acceptors (Lipinski definition) is 15. The van der Waals surface area contributed by atoms with E-state index in [0.29, 0.717) is 66.0 Å². The number of guanidine groups is 1. The number of rotatable bonds is 27. The molecule has 3 atom stereocenters. The van der Waals surface area contributed by atoms with Gasteiger partial charge in [0, 0.05) is 18.0 Å². The highest BCUT2D eigenvalue weighted by Crippen LogP contribution is 2.31. The Balaban J connectivity index is 1.54. The Morgan fingerprint density at radius 2 is 1.62 bits per heavy atom. The maximum Gasteiger partial charge on any atom is 0.329 e. The summed E-state index contributed by atoms with van der Waals surface area (Å²) in [5, 5.41) is 39.6. The number of nitrogens with one attached hydrogen (secondary N) is 6. The third kappa shape index (κ3) is 16.8. The molecule has 0 aliphatic carbocycles. The summed E-state index contributed by atoms with van der Waals surface area (Å²) < 4.78 is 16.5. The van der Waals surface area contributed by atoms with Crippen LogP contribution in [0.15, 0.2) is 23.2 Å². The molecule has 0 saturated heterocycles. The van der Waals surface area contributed by atoms with Crippen LogP contribution in [0, 0.1) is 5.41 Å². The van der Waals surface area contributed by atoms with E-state index in [0.717, 1.165) is 4.70 Å². The zero-order valence-electron chi connectivity index (χ0n) is 30.3. The first-order valence-corrected chi connectivity index (χ1v) is 19.4. The molecule has 55 heavy (non-hydrogen) atoms. The van der Waals surface area contributed by atoms with Crippen LogP contribution in [0.2, 0.25) is 0 Å². The Morgan fingerprint density at radius 1 is 0.927 bits per heavy atom. The van der Waals surface area contributed by atoms with E-state index in [2.05, 4.69) is 36.6 Å². The third-order valence-corrected chi connectivity index (χ3v) is 9.86. The molecule has 0 spiro atoms. The highest BCUT2D eigenvalue weighted by atomic mass is 32.2. The molecule has 0 bridgehead atoms. The molecule has 0 saturated carbocycles. The summed E-state index contributed by atoms with van der Waals surface area (Å²) in [5.41, 5.74) is 12.1. The predicted molar refractivity (Wildman–Crippen MR) is 207 cm³/mol. The van der Waals surface area contributed by atoms with Crippen molar-refractivity contribution in [2.75, 3.05) is 77.0 Å². The second-order valence-corrected chi connectivity index (χ2v) is 14.1. The van der Waals surface area contributed by atoms with E-state index in [1.54, 1.807) is 18.2 Å². The number of nitrogens with zero attached hydrogens (tertiary/aromatic N) is 2. The quantitative estimate of drug-likeness (QED) is 0.0285. The van der Waals surface area contributed by atoms with Gasteiger partial charge >= 0.3 is 5.97 Å². The maximum absolute atomic E-state index is 13.4. The van der Waals surface area contributed by atoms with E-state index < -0.39 is 54.3 Å². The molecule has 1 aromatic carbocycles. The molecule has 12 N–H and O–H groups in total. The van der Waals surface area contributed by atoms with Crippen molar-refractivity contribution in [1.29, 1.82) is 5.41 Å². The normalized spacial score (nSPS) is 14.8. The maximum atomic E-state index is 13.4. The fourth-order valence-corrected chi connectivity index (χ4v) is 7.04. The summed E-state index contributed by atoms with van der Waals surface area (Å²) in [6, 6.07) is 2.32. The van der Waals surface area contributed by atoms with Gasteiger partial charge < -0.3 is 62.5 Å². The first kappa shape index (κ1) is 44.9. The highest BCUT2D eigenvalue weighted by molar-refractivity contribution is 8.15. The van der Waals surface area contributed by atoms with Crippen molar-refractivity contribution in [3.63, 3.8) is 0 Å². The topological polar surface area (TPSA) is 315 Å². The van der Waals surface area contributed by atoms with Crippen molar-refractivity contribution in [1.82, 2.24) is 26.3 Å². The number of carbonyl (C=O) groups excluding carboxylic acids is 4. The van der Waals surface area contributed by atoms with Gasteiger partial charge in [-0.15, -0.1) is 23.1 Å². The highest BCUT2D eigenvalue weighted by Gasteiger charge is 2.27. The molecule has 2 aromatic rings. The monoisotopic (exact) mass is 810 g/mol. The van der Waals surface area contributed by atoms with Crippen molar-refractivity contribution in [3.05, 3.63) is 23.2 Å². The molecular formula is C33H50N10O10S2. The smallest absolute Gasteiger partial charge is 0.329 e. The van der Waals surface area contributed by atoms with Gasteiger partial charge in [0.25, 0.3) is 0 Å². The van der Waals surface area contributed by atoms with Crippen molar-refractivity contribution in [3.8, 4) is 0 Å². The van der Waals surface area contributed by atoms with Gasteiger partial charge in [-0.3, -0.25) is 29.6 Å². The van der Waals surface area contributed by atoms with Crippen LogP contribution in [0.1, 0.15) is 37.1 Å². The molecule has 0 fully saturated rings. The number of aliphatic hydroxyl groups excluding tert-OH is 1. The molecule has 1 aromatic heterocycles. The van der Waals surface area contributed by atoms with E-state index in [-0.39, 0.29) is 58.4 Å². The van der Waals surface area contributed by atoms with Gasteiger partial charge in [-0.05, 0) is 56.8 Å². The number of anilines is 1. The summed E-state index contributed by atoms with van der Waals surface area (Å²) in [6.45, 7) is 0.876. The number of benzene rings is 1. The minimum atomic E-state index is -1.04. The molecule has 0 unspecified atom stereocenters. The molecule has 2 heterocycles. The lowest BCUT2D eigenvalue weighted by Gasteiger charge is -2.21. The number of hydrogen-bond donors (Lipinski definition) is 10. The van der Waals surface area contributed by atoms with Gasteiger partial charge in [-0.25, -0.2) is 9.78 Å². The van der Waals surface area contributed by atoms with E-state index >= 15 is 0 Å². The van der Waals surface area contributed by atoms with E-state index in [9.17, 15) is 29.1 Å². The predicted octanol–water partition coefficient (Wildman–Crippen LogP) is -1.30. The van der Waals surface area contributed by atoms with Crippen molar-refractivity contribution < 1.29 is 48.4 Å². The first-order chi connectivity index (χ1) is 26.5. The van der Waals surface area contributed by atoms with Gasteiger partial charge in [0.05, 0.1) is 56.4 Å². The molecule has 1 aliphatic heterocycles. The van der Waals surface area contributed by atoms with E-state index in [1.165, 1.54) is 23.1 Å². The largest absolute Gasteiger partial charge is 0.480 e. The number of thioether (sulfide) groups is 1. The summed E-state index contributed by atoms with van der Waals surface area (Å²) in [6.07, 6.45) is 1.96. The Labute approximate surface area is 325 Å². The number of ether oxygens (including phenoxy) is 3. The van der Waals surface area contributed by atoms with Crippen molar-refractivity contribution in [2.24, 2.45) is 16.5 Å². The second-order valence-electron chi connectivity index (χ2n) is 12.0. The lowest BCUT2D eigenvalue weighted by molar-refractivity contribution is -0.137. The Morgan fingerprint density at radius 3 is 2.31 bits per heavy atom. The lowest BCUT2D eigenvalue weighted by atomic mass is 10.1. The third-order valence-electron chi connectivity index (χ3n) is 7.65. The van der Waals surface area contributed by atoms with Gasteiger partial charge in [0.15, 0.2) is 12.0 Å². The fraction of sp³-hybridized carbons (Fsp3) is 0.576. The number of carboxylic acids is 1. The van der Waals surface area contributed by atoms with Gasteiger partial charge in [0.1, 0.15) is 28.7 Å². The molecule has 0 radical (unpaired) electrons. The van der Waals surface area contributed by atoms with Crippen molar-refractivity contribution >= 4 is 79.6 Å². The minimum absolute atomic E-state index is 0.0826. The average molecular weight is 811 g/mol. The van der Waals surface area contributed by atoms with Crippen LogP contribution >= 0.6 is 23.1 Å². The number of aromatic nitrogens is 1. The number of aliphatic carboxylic acids is 1. The van der Waals surface area contributed by atoms with E-state index in [1.807, 2.05) is 0 Å². The number of carboxylic acid groups (broad SMARTS) is 1. The number of carbonyl (C=O) groups is 5. The second kappa shape index (κ2) is 24.9. The molecule has 304 valence electrons. The number of aliphatic imine (C=N–C) groups is 1. The molecule has 3 rings (SSSR count). The standard InChI is InChI=1S/C33H50N10O10S2/c34-8-2-1-4-23(29(48)39-20-6-7-21-25(16-20)55-31(42-21)30-43-24(19-54-30)32(49)50)40-26(45)17-38-28(47)22(5-3-9-37-33(35)36)41-27(46)18-53-15-14-52-13-12-51-11-10-44/h6-7,16,22-24,44H,1-5,8-15,17-19,34H2,(H,38,47)(H,39,48)(H,40,45)(H,41,46)(H,49,50)(H4,35,36,37)/t22-,23+,24-/m1/s1.